The molecule has 0 amide bonds. The Balaban J connectivity index is 1.39. The molecule has 0 spiro atoms. The van der Waals surface area contributed by atoms with Crippen molar-refractivity contribution in [2.75, 3.05) is 44.4 Å². The number of anilines is 1. The number of unbranched alkanes of at least 4 members (excludes halogenated alkanes) is 1. The summed E-state index contributed by atoms with van der Waals surface area (Å²) in [7, 11) is 0. The molecule has 26 heavy (non-hydrogen) atoms. The van der Waals surface area contributed by atoms with Crippen molar-refractivity contribution in [3.05, 3.63) is 18.5 Å². The van der Waals surface area contributed by atoms with Gasteiger partial charge in [0, 0.05) is 38.4 Å². The molecule has 3 rings (SSSR count). The molecule has 1 aromatic heterocycles. The third kappa shape index (κ3) is 6.13. The lowest BCUT2D eigenvalue weighted by molar-refractivity contribution is 0.113. The zero-order chi connectivity index (χ0) is 18.0. The molecule has 5 heteroatoms. The second-order valence-electron chi connectivity index (χ2n) is 7.67. The van der Waals surface area contributed by atoms with E-state index < -0.39 is 0 Å². The van der Waals surface area contributed by atoms with E-state index in [9.17, 15) is 0 Å². The van der Waals surface area contributed by atoms with Crippen molar-refractivity contribution in [1.82, 2.24) is 10.3 Å². The number of hydrogen-bond acceptors (Lipinski definition) is 5. The third-order valence-electron chi connectivity index (χ3n) is 5.60. The van der Waals surface area contributed by atoms with Crippen molar-refractivity contribution in [1.29, 1.82) is 0 Å². The number of hydrogen-bond donors (Lipinski definition) is 1. The number of pyridine rings is 1. The molecule has 1 N–H and O–H groups in total. The van der Waals surface area contributed by atoms with Crippen molar-refractivity contribution in [3.8, 4) is 5.75 Å². The van der Waals surface area contributed by atoms with Gasteiger partial charge in [0.15, 0.2) is 0 Å². The smallest absolute Gasteiger partial charge is 0.139 e. The van der Waals surface area contributed by atoms with Gasteiger partial charge in [0.05, 0.1) is 18.1 Å². The lowest BCUT2D eigenvalue weighted by Gasteiger charge is -2.33. The maximum absolute atomic E-state index is 5.96. The van der Waals surface area contributed by atoms with Crippen LogP contribution in [0.3, 0.4) is 0 Å². The molecule has 0 radical (unpaired) electrons. The first-order chi connectivity index (χ1) is 12.8. The molecular formula is C21H35N3O2. The number of aromatic nitrogens is 1. The van der Waals surface area contributed by atoms with Crippen LogP contribution in [0.4, 0.5) is 5.69 Å². The van der Waals surface area contributed by atoms with Crippen LogP contribution in [-0.4, -0.2) is 50.5 Å². The highest BCUT2D eigenvalue weighted by atomic mass is 16.5. The van der Waals surface area contributed by atoms with Crippen LogP contribution in [0.2, 0.25) is 0 Å². The summed E-state index contributed by atoms with van der Waals surface area (Å²) in [5.41, 5.74) is 1.19. The van der Waals surface area contributed by atoms with E-state index in [4.69, 9.17) is 9.47 Å². The first-order valence-electron chi connectivity index (χ1n) is 10.5. The Morgan fingerprint density at radius 2 is 2.08 bits per heavy atom. The van der Waals surface area contributed by atoms with E-state index in [2.05, 4.69) is 28.2 Å². The number of ether oxygens (including phenoxy) is 2. The van der Waals surface area contributed by atoms with E-state index in [1.165, 1.54) is 50.6 Å². The first-order valence-corrected chi connectivity index (χ1v) is 10.5. The summed E-state index contributed by atoms with van der Waals surface area (Å²) < 4.78 is 11.7. The Bertz CT molecular complexity index is 512. The minimum atomic E-state index is 0.494. The lowest BCUT2D eigenvalue weighted by Crippen LogP contribution is -2.34. The van der Waals surface area contributed by atoms with Crippen LogP contribution in [0.1, 0.15) is 51.9 Å². The quantitative estimate of drug-likeness (QED) is 0.645. The van der Waals surface area contributed by atoms with Gasteiger partial charge in [0.1, 0.15) is 12.4 Å². The van der Waals surface area contributed by atoms with E-state index in [1.54, 1.807) is 0 Å². The number of nitrogens with one attached hydrogen (secondary N) is 1. The highest BCUT2D eigenvalue weighted by Crippen LogP contribution is 2.27. The van der Waals surface area contributed by atoms with Gasteiger partial charge in [-0.25, -0.2) is 0 Å². The zero-order valence-electron chi connectivity index (χ0n) is 16.3. The summed E-state index contributed by atoms with van der Waals surface area (Å²) in [5.74, 6) is 1.69. The SMILES string of the molecule is CCCCOCCC1CCN(c2cncc(OC[C@@H]3CCCN3)c2)CC1. The minimum absolute atomic E-state index is 0.494. The predicted octanol–water partition coefficient (Wildman–Crippen LogP) is 3.64. The molecule has 0 bridgehead atoms. The van der Waals surface area contributed by atoms with Crippen LogP contribution in [0.5, 0.6) is 5.75 Å². The van der Waals surface area contributed by atoms with Crippen molar-refractivity contribution in [2.45, 2.75) is 57.9 Å². The summed E-state index contributed by atoms with van der Waals surface area (Å²) in [6, 6.07) is 2.64. The van der Waals surface area contributed by atoms with E-state index in [0.717, 1.165) is 51.1 Å². The van der Waals surface area contributed by atoms with Gasteiger partial charge in [-0.1, -0.05) is 13.3 Å². The summed E-state index contributed by atoms with van der Waals surface area (Å²) in [5, 5.41) is 3.47. The molecule has 2 aliphatic rings. The van der Waals surface area contributed by atoms with Crippen LogP contribution >= 0.6 is 0 Å². The number of nitrogens with zero attached hydrogens (tertiary/aromatic N) is 2. The van der Waals surface area contributed by atoms with Crippen LogP contribution in [0.25, 0.3) is 0 Å². The molecule has 5 nitrogen and oxygen atoms in total. The van der Waals surface area contributed by atoms with Gasteiger partial charge in [0.2, 0.25) is 0 Å². The van der Waals surface area contributed by atoms with Crippen molar-refractivity contribution in [2.24, 2.45) is 5.92 Å². The number of piperidine rings is 1. The van der Waals surface area contributed by atoms with Crippen LogP contribution in [0.15, 0.2) is 18.5 Å². The third-order valence-corrected chi connectivity index (χ3v) is 5.60. The summed E-state index contributed by atoms with van der Waals surface area (Å²) in [6.45, 7) is 8.12. The van der Waals surface area contributed by atoms with Crippen molar-refractivity contribution < 1.29 is 9.47 Å². The molecule has 0 unspecified atom stereocenters. The van der Waals surface area contributed by atoms with Gasteiger partial charge in [0.25, 0.3) is 0 Å². The Kier molecular flexibility index (Phi) is 8.02. The maximum atomic E-state index is 5.96. The summed E-state index contributed by atoms with van der Waals surface area (Å²) in [4.78, 5) is 6.84. The fourth-order valence-corrected chi connectivity index (χ4v) is 3.83. The molecule has 1 aromatic rings. The Morgan fingerprint density at radius 1 is 1.19 bits per heavy atom. The highest BCUT2D eigenvalue weighted by Gasteiger charge is 2.20. The van der Waals surface area contributed by atoms with Crippen molar-refractivity contribution in [3.63, 3.8) is 0 Å². The molecule has 0 saturated carbocycles. The Hall–Kier alpha value is -1.33. The molecular weight excluding hydrogens is 326 g/mol. The highest BCUT2D eigenvalue weighted by molar-refractivity contribution is 5.48. The molecule has 1 atom stereocenters. The second kappa shape index (κ2) is 10.7. The Labute approximate surface area is 158 Å². The average Bonchev–Trinajstić information content (AvgIpc) is 3.21. The minimum Gasteiger partial charge on any atom is -0.490 e. The monoisotopic (exact) mass is 361 g/mol. The van der Waals surface area contributed by atoms with Gasteiger partial charge in [-0.05, 0) is 51.0 Å². The van der Waals surface area contributed by atoms with Crippen molar-refractivity contribution >= 4 is 5.69 Å². The Morgan fingerprint density at radius 3 is 2.85 bits per heavy atom. The second-order valence-corrected chi connectivity index (χ2v) is 7.67. The topological polar surface area (TPSA) is 46.6 Å². The molecule has 2 fully saturated rings. The van der Waals surface area contributed by atoms with E-state index in [1.807, 2.05) is 12.4 Å². The van der Waals surface area contributed by atoms with E-state index in [-0.39, 0.29) is 0 Å². The predicted molar refractivity (Wildman–Crippen MR) is 106 cm³/mol. The van der Waals surface area contributed by atoms with Gasteiger partial charge < -0.3 is 19.7 Å². The number of rotatable bonds is 10. The van der Waals surface area contributed by atoms with E-state index in [0.29, 0.717) is 6.04 Å². The fourth-order valence-electron chi connectivity index (χ4n) is 3.83. The molecule has 3 heterocycles. The first kappa shape index (κ1) is 19.4. The molecule has 2 aliphatic heterocycles. The molecule has 146 valence electrons. The largest absolute Gasteiger partial charge is 0.490 e. The molecule has 0 aromatic carbocycles. The average molecular weight is 362 g/mol. The van der Waals surface area contributed by atoms with E-state index >= 15 is 0 Å². The van der Waals surface area contributed by atoms with Crippen LogP contribution in [0, 0.1) is 5.92 Å². The maximum Gasteiger partial charge on any atom is 0.139 e. The molecule has 0 aliphatic carbocycles. The molecule has 2 saturated heterocycles. The van der Waals surface area contributed by atoms with Gasteiger partial charge in [-0.2, -0.15) is 0 Å². The summed E-state index contributed by atoms with van der Waals surface area (Å²) >= 11 is 0. The standard InChI is InChI=1S/C21H35N3O2/c1-2-3-12-25-13-8-18-6-10-24(11-7-18)20-14-21(16-22-15-20)26-17-19-5-4-9-23-19/h14-16,18-19,23H,2-13,17H2,1H3/t19-/m0/s1. The fraction of sp³-hybridized carbons (Fsp3) is 0.762. The normalized spacial score (nSPS) is 21.3. The summed E-state index contributed by atoms with van der Waals surface area (Å²) in [6.07, 6.45) is 12.4. The van der Waals surface area contributed by atoms with Gasteiger partial charge in [-0.3, -0.25) is 4.98 Å². The van der Waals surface area contributed by atoms with Crippen LogP contribution in [-0.2, 0) is 4.74 Å². The lowest BCUT2D eigenvalue weighted by atomic mass is 9.94. The zero-order valence-corrected chi connectivity index (χ0v) is 16.3. The van der Waals surface area contributed by atoms with Gasteiger partial charge in [-0.15, -0.1) is 0 Å². The van der Waals surface area contributed by atoms with Crippen LogP contribution < -0.4 is 15.0 Å². The van der Waals surface area contributed by atoms with Gasteiger partial charge >= 0.3 is 0 Å².